The van der Waals surface area contributed by atoms with Crippen LogP contribution in [0, 0.1) is 0 Å². The molecular formula is C10H10ClNO2. The van der Waals surface area contributed by atoms with Crippen LogP contribution >= 0.6 is 11.6 Å². The van der Waals surface area contributed by atoms with Gasteiger partial charge in [0, 0.05) is 6.04 Å². The molecule has 2 rings (SSSR count). The van der Waals surface area contributed by atoms with Crippen molar-refractivity contribution in [2.24, 2.45) is 0 Å². The molecule has 0 spiro atoms. The number of halogens is 1. The number of hydrogen-bond acceptors (Lipinski definition) is 2. The zero-order valence-corrected chi connectivity index (χ0v) is 8.21. The SMILES string of the molecule is O=C(NC1CC1)c1cccc(O)c1Cl. The minimum atomic E-state index is -0.214. The van der Waals surface area contributed by atoms with Crippen molar-refractivity contribution in [1.29, 1.82) is 0 Å². The summed E-state index contributed by atoms with van der Waals surface area (Å²) < 4.78 is 0. The Kier molecular flexibility index (Phi) is 2.33. The number of carbonyl (C=O) groups excluding carboxylic acids is 1. The van der Waals surface area contributed by atoms with Crippen molar-refractivity contribution in [3.63, 3.8) is 0 Å². The standard InChI is InChI=1S/C10H10ClNO2/c11-9-7(2-1-3-8(9)13)10(14)12-6-4-5-6/h1-3,6,13H,4-5H2,(H,12,14). The maximum absolute atomic E-state index is 11.6. The average molecular weight is 212 g/mol. The largest absolute Gasteiger partial charge is 0.506 e. The Balaban J connectivity index is 2.21. The van der Waals surface area contributed by atoms with E-state index in [0.29, 0.717) is 11.6 Å². The molecule has 1 fully saturated rings. The van der Waals surface area contributed by atoms with Crippen LogP contribution in [0.2, 0.25) is 5.02 Å². The Morgan fingerprint density at radius 1 is 1.50 bits per heavy atom. The number of rotatable bonds is 2. The molecule has 1 aliphatic carbocycles. The van der Waals surface area contributed by atoms with E-state index in [0.717, 1.165) is 12.8 Å². The minimum absolute atomic E-state index is 0.0601. The highest BCUT2D eigenvalue weighted by Gasteiger charge is 2.24. The van der Waals surface area contributed by atoms with Gasteiger partial charge in [-0.25, -0.2) is 0 Å². The summed E-state index contributed by atoms with van der Waals surface area (Å²) in [6.07, 6.45) is 2.06. The van der Waals surface area contributed by atoms with E-state index in [4.69, 9.17) is 11.6 Å². The molecule has 0 bridgehead atoms. The molecule has 1 amide bonds. The predicted octanol–water partition coefficient (Wildman–Crippen LogP) is 1.94. The zero-order valence-electron chi connectivity index (χ0n) is 7.46. The molecule has 0 aromatic heterocycles. The number of hydrogen-bond donors (Lipinski definition) is 2. The average Bonchev–Trinajstić information content (AvgIpc) is 2.93. The summed E-state index contributed by atoms with van der Waals surface area (Å²) >= 11 is 5.78. The van der Waals surface area contributed by atoms with Crippen molar-refractivity contribution in [2.75, 3.05) is 0 Å². The third kappa shape index (κ3) is 1.82. The van der Waals surface area contributed by atoms with Crippen molar-refractivity contribution in [2.45, 2.75) is 18.9 Å². The summed E-state index contributed by atoms with van der Waals surface area (Å²) in [6, 6.07) is 4.94. The number of phenolic OH excluding ortho intramolecular Hbond substituents is 1. The van der Waals surface area contributed by atoms with Crippen molar-refractivity contribution < 1.29 is 9.90 Å². The van der Waals surface area contributed by atoms with Crippen molar-refractivity contribution in [3.8, 4) is 5.75 Å². The first-order chi connectivity index (χ1) is 6.68. The lowest BCUT2D eigenvalue weighted by molar-refractivity contribution is 0.0951. The second kappa shape index (κ2) is 3.50. The molecule has 1 saturated carbocycles. The Morgan fingerprint density at radius 2 is 2.21 bits per heavy atom. The Bertz CT molecular complexity index is 374. The number of phenols is 1. The lowest BCUT2D eigenvalue weighted by atomic mass is 10.2. The smallest absolute Gasteiger partial charge is 0.253 e. The Hall–Kier alpha value is -1.22. The lowest BCUT2D eigenvalue weighted by Crippen LogP contribution is -2.25. The molecule has 0 saturated heterocycles. The van der Waals surface area contributed by atoms with Gasteiger partial charge in [0.05, 0.1) is 10.6 Å². The van der Waals surface area contributed by atoms with Gasteiger partial charge in [-0.2, -0.15) is 0 Å². The summed E-state index contributed by atoms with van der Waals surface area (Å²) in [6.45, 7) is 0. The fraction of sp³-hybridized carbons (Fsp3) is 0.300. The number of carbonyl (C=O) groups is 1. The van der Waals surface area contributed by atoms with E-state index in [-0.39, 0.29) is 16.7 Å². The van der Waals surface area contributed by atoms with E-state index < -0.39 is 0 Å². The highest BCUT2D eigenvalue weighted by atomic mass is 35.5. The second-order valence-corrected chi connectivity index (χ2v) is 3.76. The molecule has 1 aromatic carbocycles. The first-order valence-corrected chi connectivity index (χ1v) is 4.84. The number of nitrogens with one attached hydrogen (secondary N) is 1. The van der Waals surface area contributed by atoms with E-state index in [2.05, 4.69) is 5.32 Å². The van der Waals surface area contributed by atoms with Crippen molar-refractivity contribution in [1.82, 2.24) is 5.32 Å². The van der Waals surface area contributed by atoms with Crippen LogP contribution in [0.4, 0.5) is 0 Å². The highest BCUT2D eigenvalue weighted by molar-refractivity contribution is 6.35. The second-order valence-electron chi connectivity index (χ2n) is 3.39. The van der Waals surface area contributed by atoms with Crippen LogP contribution in [-0.4, -0.2) is 17.1 Å². The molecule has 74 valence electrons. The monoisotopic (exact) mass is 211 g/mol. The summed E-state index contributed by atoms with van der Waals surface area (Å²) in [5.41, 5.74) is 0.332. The topological polar surface area (TPSA) is 49.3 Å². The van der Waals surface area contributed by atoms with Crippen LogP contribution in [0.5, 0.6) is 5.75 Å². The van der Waals surface area contributed by atoms with Crippen LogP contribution in [0.25, 0.3) is 0 Å². The summed E-state index contributed by atoms with van der Waals surface area (Å²) in [5.74, 6) is -0.275. The minimum Gasteiger partial charge on any atom is -0.506 e. The molecule has 4 heteroatoms. The van der Waals surface area contributed by atoms with Gasteiger partial charge in [0.1, 0.15) is 5.75 Å². The van der Waals surface area contributed by atoms with E-state index in [9.17, 15) is 9.90 Å². The van der Waals surface area contributed by atoms with Gasteiger partial charge in [-0.3, -0.25) is 4.79 Å². The van der Waals surface area contributed by atoms with Crippen molar-refractivity contribution in [3.05, 3.63) is 28.8 Å². The van der Waals surface area contributed by atoms with Crippen LogP contribution in [-0.2, 0) is 0 Å². The van der Waals surface area contributed by atoms with Crippen LogP contribution < -0.4 is 5.32 Å². The molecule has 0 radical (unpaired) electrons. The zero-order chi connectivity index (χ0) is 10.1. The molecule has 2 N–H and O–H groups in total. The molecule has 14 heavy (non-hydrogen) atoms. The summed E-state index contributed by atoms with van der Waals surface area (Å²) in [4.78, 5) is 11.6. The number of amides is 1. The number of benzene rings is 1. The molecule has 0 heterocycles. The number of aromatic hydroxyl groups is 1. The van der Waals surface area contributed by atoms with Gasteiger partial charge in [0.15, 0.2) is 0 Å². The van der Waals surface area contributed by atoms with Crippen LogP contribution in [0.1, 0.15) is 23.2 Å². The van der Waals surface area contributed by atoms with Gasteiger partial charge in [0.2, 0.25) is 0 Å². The normalized spacial score (nSPS) is 15.2. The predicted molar refractivity (Wildman–Crippen MR) is 53.6 cm³/mol. The molecule has 0 unspecified atom stereocenters. The molecular weight excluding hydrogens is 202 g/mol. The van der Waals surface area contributed by atoms with Crippen LogP contribution in [0.3, 0.4) is 0 Å². The maximum Gasteiger partial charge on any atom is 0.253 e. The van der Waals surface area contributed by atoms with Crippen LogP contribution in [0.15, 0.2) is 18.2 Å². The first-order valence-electron chi connectivity index (χ1n) is 4.47. The summed E-state index contributed by atoms with van der Waals surface area (Å²) in [7, 11) is 0. The van der Waals surface area contributed by atoms with Gasteiger partial charge in [-0.05, 0) is 25.0 Å². The van der Waals surface area contributed by atoms with Gasteiger partial charge in [0.25, 0.3) is 5.91 Å². The molecule has 0 atom stereocenters. The Labute approximate surface area is 86.7 Å². The molecule has 0 aliphatic heterocycles. The molecule has 1 aromatic rings. The van der Waals surface area contributed by atoms with Gasteiger partial charge < -0.3 is 10.4 Å². The Morgan fingerprint density at radius 3 is 2.86 bits per heavy atom. The molecule has 1 aliphatic rings. The van der Waals surface area contributed by atoms with E-state index in [1.807, 2.05) is 0 Å². The van der Waals surface area contributed by atoms with Gasteiger partial charge >= 0.3 is 0 Å². The third-order valence-corrected chi connectivity index (χ3v) is 2.53. The highest BCUT2D eigenvalue weighted by Crippen LogP contribution is 2.27. The van der Waals surface area contributed by atoms with Gasteiger partial charge in [-0.15, -0.1) is 0 Å². The van der Waals surface area contributed by atoms with E-state index >= 15 is 0 Å². The quantitative estimate of drug-likeness (QED) is 0.786. The summed E-state index contributed by atoms with van der Waals surface area (Å²) in [5, 5.41) is 12.2. The fourth-order valence-electron chi connectivity index (χ4n) is 1.19. The van der Waals surface area contributed by atoms with E-state index in [1.54, 1.807) is 12.1 Å². The van der Waals surface area contributed by atoms with Gasteiger partial charge in [-0.1, -0.05) is 17.7 Å². The van der Waals surface area contributed by atoms with E-state index in [1.165, 1.54) is 6.07 Å². The maximum atomic E-state index is 11.6. The third-order valence-electron chi connectivity index (χ3n) is 2.14. The van der Waals surface area contributed by atoms with Crippen molar-refractivity contribution >= 4 is 17.5 Å². The first kappa shape index (κ1) is 9.34. The fourth-order valence-corrected chi connectivity index (χ4v) is 1.40. The molecule has 3 nitrogen and oxygen atoms in total. The lowest BCUT2D eigenvalue weighted by Gasteiger charge is -2.05.